The summed E-state index contributed by atoms with van der Waals surface area (Å²) >= 11 is 1.16. The van der Waals surface area contributed by atoms with Gasteiger partial charge >= 0.3 is 5.69 Å². The van der Waals surface area contributed by atoms with Gasteiger partial charge in [0.05, 0.1) is 12.1 Å². The van der Waals surface area contributed by atoms with Crippen LogP contribution in [0.25, 0.3) is 10.2 Å². The molecule has 0 spiro atoms. The van der Waals surface area contributed by atoms with Crippen LogP contribution in [-0.4, -0.2) is 25.2 Å². The SMILES string of the molecule is Cc1cc(NC(=O)Cn2c(=O)n(Cc3ccccc3F)c(=O)c3sccc32)n[nH]1. The summed E-state index contributed by atoms with van der Waals surface area (Å²) in [6.45, 7) is 1.26. The number of nitrogens with one attached hydrogen (secondary N) is 2. The van der Waals surface area contributed by atoms with Gasteiger partial charge in [-0.25, -0.2) is 9.18 Å². The first-order valence-corrected chi connectivity index (χ1v) is 9.58. The summed E-state index contributed by atoms with van der Waals surface area (Å²) in [5.41, 5.74) is 0.158. The molecule has 8 nitrogen and oxygen atoms in total. The van der Waals surface area contributed by atoms with Gasteiger partial charge in [0, 0.05) is 17.3 Å². The number of H-pyrrole nitrogens is 1. The van der Waals surface area contributed by atoms with Crippen molar-refractivity contribution >= 4 is 33.3 Å². The molecule has 0 fully saturated rings. The molecular weight excluding hydrogens is 397 g/mol. The van der Waals surface area contributed by atoms with Crippen molar-refractivity contribution in [1.82, 2.24) is 19.3 Å². The van der Waals surface area contributed by atoms with E-state index in [1.165, 1.54) is 22.8 Å². The number of thiophene rings is 1. The molecule has 0 atom stereocenters. The maximum atomic E-state index is 14.1. The van der Waals surface area contributed by atoms with Crippen LogP contribution in [-0.2, 0) is 17.9 Å². The van der Waals surface area contributed by atoms with E-state index in [-0.39, 0.29) is 18.7 Å². The number of hydrogen-bond donors (Lipinski definition) is 2. The van der Waals surface area contributed by atoms with Gasteiger partial charge in [-0.3, -0.25) is 23.8 Å². The van der Waals surface area contributed by atoms with E-state index in [0.29, 0.717) is 16.0 Å². The molecule has 0 unspecified atom stereocenters. The maximum Gasteiger partial charge on any atom is 0.332 e. The highest BCUT2D eigenvalue weighted by Gasteiger charge is 2.18. The second-order valence-corrected chi connectivity index (χ2v) is 7.39. The number of aryl methyl sites for hydroxylation is 1. The zero-order valence-corrected chi connectivity index (χ0v) is 16.1. The minimum atomic E-state index is -0.683. The summed E-state index contributed by atoms with van der Waals surface area (Å²) in [7, 11) is 0. The number of aromatic nitrogens is 4. The Morgan fingerprint density at radius 1 is 1.24 bits per heavy atom. The number of benzene rings is 1. The lowest BCUT2D eigenvalue weighted by Gasteiger charge is -2.12. The van der Waals surface area contributed by atoms with Crippen LogP contribution in [0.3, 0.4) is 0 Å². The molecule has 0 bridgehead atoms. The molecule has 2 N–H and O–H groups in total. The summed E-state index contributed by atoms with van der Waals surface area (Å²) in [5.74, 6) is -0.646. The van der Waals surface area contributed by atoms with Crippen molar-refractivity contribution in [3.05, 3.63) is 79.7 Å². The van der Waals surface area contributed by atoms with Crippen molar-refractivity contribution in [2.24, 2.45) is 0 Å². The van der Waals surface area contributed by atoms with E-state index in [4.69, 9.17) is 0 Å². The standard InChI is InChI=1S/C19H16FN5O3S/c1-11-8-15(23-22-11)21-16(26)10-24-14-6-7-29-17(14)18(27)25(19(24)28)9-12-4-2-3-5-13(12)20/h2-8H,9-10H2,1H3,(H2,21,22,23,26). The number of anilines is 1. The van der Waals surface area contributed by atoms with Crippen LogP contribution in [0.4, 0.5) is 10.2 Å². The van der Waals surface area contributed by atoms with Crippen LogP contribution >= 0.6 is 11.3 Å². The third-order valence-electron chi connectivity index (χ3n) is 4.40. The summed E-state index contributed by atoms with van der Waals surface area (Å²) in [4.78, 5) is 38.2. The van der Waals surface area contributed by atoms with E-state index in [2.05, 4.69) is 15.5 Å². The second-order valence-electron chi connectivity index (χ2n) is 6.47. The van der Waals surface area contributed by atoms with Gasteiger partial charge in [-0.2, -0.15) is 5.10 Å². The molecule has 4 rings (SSSR count). The monoisotopic (exact) mass is 413 g/mol. The van der Waals surface area contributed by atoms with E-state index in [9.17, 15) is 18.8 Å². The Bertz CT molecular complexity index is 1330. The zero-order valence-electron chi connectivity index (χ0n) is 15.3. The largest absolute Gasteiger partial charge is 0.332 e. The number of fused-ring (bicyclic) bond motifs is 1. The molecule has 0 saturated heterocycles. The lowest BCUT2D eigenvalue weighted by atomic mass is 10.2. The van der Waals surface area contributed by atoms with E-state index in [1.54, 1.807) is 30.5 Å². The lowest BCUT2D eigenvalue weighted by molar-refractivity contribution is -0.116. The van der Waals surface area contributed by atoms with E-state index in [1.807, 2.05) is 0 Å². The first-order valence-electron chi connectivity index (χ1n) is 8.70. The van der Waals surface area contributed by atoms with Crippen LogP contribution in [0.15, 0.2) is 51.4 Å². The number of rotatable bonds is 5. The first-order chi connectivity index (χ1) is 13.9. The number of carbonyl (C=O) groups excluding carboxylic acids is 1. The van der Waals surface area contributed by atoms with Crippen LogP contribution in [0.1, 0.15) is 11.3 Å². The van der Waals surface area contributed by atoms with E-state index >= 15 is 0 Å². The molecule has 0 saturated carbocycles. The van der Waals surface area contributed by atoms with Gasteiger partial charge in [0.1, 0.15) is 17.1 Å². The molecule has 0 aliphatic rings. The van der Waals surface area contributed by atoms with E-state index in [0.717, 1.165) is 21.6 Å². The number of aromatic amines is 1. The Balaban J connectivity index is 1.74. The molecular formula is C19H16FN5O3S. The minimum absolute atomic E-state index is 0.214. The van der Waals surface area contributed by atoms with Gasteiger partial charge in [-0.15, -0.1) is 11.3 Å². The van der Waals surface area contributed by atoms with Gasteiger partial charge in [0.25, 0.3) is 5.56 Å². The minimum Gasteiger partial charge on any atom is -0.308 e. The smallest absolute Gasteiger partial charge is 0.308 e. The van der Waals surface area contributed by atoms with E-state index < -0.39 is 23.0 Å². The molecule has 0 aliphatic heterocycles. The zero-order chi connectivity index (χ0) is 20.5. The van der Waals surface area contributed by atoms with Crippen LogP contribution in [0.2, 0.25) is 0 Å². The number of halogens is 1. The Kier molecular flexibility index (Phi) is 4.85. The van der Waals surface area contributed by atoms with Crippen LogP contribution < -0.4 is 16.6 Å². The molecule has 148 valence electrons. The highest BCUT2D eigenvalue weighted by Crippen LogP contribution is 2.16. The van der Waals surface area contributed by atoms with Crippen molar-refractivity contribution in [3.8, 4) is 0 Å². The van der Waals surface area contributed by atoms with Gasteiger partial charge in [0.15, 0.2) is 5.82 Å². The number of nitrogens with zero attached hydrogens (tertiary/aromatic N) is 3. The number of amides is 1. The normalized spacial score (nSPS) is 11.1. The summed E-state index contributed by atoms with van der Waals surface area (Å²) in [5, 5.41) is 10.9. The van der Waals surface area contributed by atoms with Gasteiger partial charge in [-0.1, -0.05) is 18.2 Å². The molecule has 0 radical (unpaired) electrons. The fraction of sp³-hybridized carbons (Fsp3) is 0.158. The van der Waals surface area contributed by atoms with Crippen molar-refractivity contribution < 1.29 is 9.18 Å². The first kappa shape index (κ1) is 18.8. The molecule has 0 aliphatic carbocycles. The van der Waals surface area contributed by atoms with Crippen LogP contribution in [0, 0.1) is 12.7 Å². The fourth-order valence-electron chi connectivity index (χ4n) is 3.03. The average Bonchev–Trinajstić information content (AvgIpc) is 3.33. The van der Waals surface area contributed by atoms with Gasteiger partial charge < -0.3 is 5.32 Å². The lowest BCUT2D eigenvalue weighted by Crippen LogP contribution is -2.41. The molecule has 4 aromatic rings. The third kappa shape index (κ3) is 3.61. The number of carbonyl (C=O) groups is 1. The quantitative estimate of drug-likeness (QED) is 0.523. The Morgan fingerprint density at radius 3 is 2.76 bits per heavy atom. The van der Waals surface area contributed by atoms with Gasteiger partial charge in [-0.05, 0) is 24.4 Å². The highest BCUT2D eigenvalue weighted by atomic mass is 32.1. The topological polar surface area (TPSA) is 102 Å². The second kappa shape index (κ2) is 7.47. The highest BCUT2D eigenvalue weighted by molar-refractivity contribution is 7.17. The molecule has 3 heterocycles. The molecule has 29 heavy (non-hydrogen) atoms. The van der Waals surface area contributed by atoms with Gasteiger partial charge in [0.2, 0.25) is 5.91 Å². The Labute approximate surface area is 167 Å². The molecule has 1 aromatic carbocycles. The fourth-order valence-corrected chi connectivity index (χ4v) is 3.87. The number of hydrogen-bond acceptors (Lipinski definition) is 5. The average molecular weight is 413 g/mol. The third-order valence-corrected chi connectivity index (χ3v) is 5.29. The predicted molar refractivity (Wildman–Crippen MR) is 108 cm³/mol. The summed E-state index contributed by atoms with van der Waals surface area (Å²) in [6, 6.07) is 9.20. The van der Waals surface area contributed by atoms with Crippen LogP contribution in [0.5, 0.6) is 0 Å². The summed E-state index contributed by atoms with van der Waals surface area (Å²) in [6.07, 6.45) is 0. The predicted octanol–water partition coefficient (Wildman–Crippen LogP) is 2.08. The van der Waals surface area contributed by atoms with Crippen molar-refractivity contribution in [2.75, 3.05) is 5.32 Å². The molecule has 1 amide bonds. The Hall–Kier alpha value is -3.53. The van der Waals surface area contributed by atoms with Crippen molar-refractivity contribution in [2.45, 2.75) is 20.0 Å². The maximum absolute atomic E-state index is 14.1. The van der Waals surface area contributed by atoms with Crippen molar-refractivity contribution in [1.29, 1.82) is 0 Å². The Morgan fingerprint density at radius 2 is 2.03 bits per heavy atom. The summed E-state index contributed by atoms with van der Waals surface area (Å²) < 4.78 is 16.5. The molecule has 10 heteroatoms. The molecule has 3 aromatic heterocycles. The van der Waals surface area contributed by atoms with Crippen molar-refractivity contribution in [3.63, 3.8) is 0 Å².